The van der Waals surface area contributed by atoms with Crippen molar-refractivity contribution >= 4 is 5.69 Å². The van der Waals surface area contributed by atoms with Crippen molar-refractivity contribution in [3.05, 3.63) is 101 Å². The molecule has 0 spiro atoms. The second-order valence-electron chi connectivity index (χ2n) is 12.3. The third-order valence-corrected chi connectivity index (χ3v) is 9.86. The van der Waals surface area contributed by atoms with Crippen LogP contribution in [0.25, 0.3) is 4.85 Å². The Balaban J connectivity index is 1.11. The maximum atomic E-state index is 9.08. The molecule has 0 bridgehead atoms. The van der Waals surface area contributed by atoms with E-state index in [2.05, 4.69) is 45.0 Å². The van der Waals surface area contributed by atoms with Crippen LogP contribution in [0.3, 0.4) is 0 Å². The molecule has 3 aromatic rings. The number of fused-ring (bicyclic) bond motifs is 1. The lowest BCUT2D eigenvalue weighted by atomic mass is 9.62. The van der Waals surface area contributed by atoms with Crippen LogP contribution in [0.4, 0.5) is 5.69 Å². The van der Waals surface area contributed by atoms with Crippen LogP contribution in [0, 0.1) is 29.7 Å². The van der Waals surface area contributed by atoms with E-state index in [-0.39, 0.29) is 5.54 Å². The second-order valence-corrected chi connectivity index (χ2v) is 12.3. The molecule has 6 heteroatoms. The molecule has 1 saturated heterocycles. The summed E-state index contributed by atoms with van der Waals surface area (Å²) in [6, 6.07) is 26.4. The maximum absolute atomic E-state index is 9.08. The molecule has 2 fully saturated rings. The number of hydrogen-bond acceptors (Lipinski definition) is 5. The third kappa shape index (κ3) is 6.28. The first-order valence-corrected chi connectivity index (χ1v) is 16.0. The average molecular weight is 575 g/mol. The van der Waals surface area contributed by atoms with Gasteiger partial charge in [-0.15, -0.1) is 0 Å². The molecular weight excluding hydrogens is 532 g/mol. The van der Waals surface area contributed by atoms with Crippen molar-refractivity contribution in [1.82, 2.24) is 9.80 Å². The van der Waals surface area contributed by atoms with Crippen LogP contribution in [0.1, 0.15) is 55.2 Å². The van der Waals surface area contributed by atoms with Gasteiger partial charge in [0, 0.05) is 38.6 Å². The Morgan fingerprint density at radius 3 is 2.16 bits per heavy atom. The quantitative estimate of drug-likeness (QED) is 0.169. The molecule has 2 aliphatic heterocycles. The number of likely N-dealkylation sites (tertiary alicyclic amines) is 1. The average Bonchev–Trinajstić information content (AvgIpc) is 3.58. The summed E-state index contributed by atoms with van der Waals surface area (Å²) < 4.78 is 12.1. The zero-order chi connectivity index (χ0) is 29.5. The molecule has 222 valence electrons. The van der Waals surface area contributed by atoms with Gasteiger partial charge in [-0.05, 0) is 85.5 Å². The van der Waals surface area contributed by atoms with Crippen LogP contribution in [0.5, 0.6) is 11.5 Å². The SMILES string of the molecule is [C-]#[N+]c1ccc(OCCCN2CC(C3(C4CCCC4)c4ccccc4CCN3CCCOc3ccc(C#N)cc3)C2)cc1. The molecule has 43 heavy (non-hydrogen) atoms. The number of nitriles is 1. The number of nitrogens with zero attached hydrogens (tertiary/aromatic N) is 4. The molecule has 3 aliphatic rings. The van der Waals surface area contributed by atoms with Gasteiger partial charge in [-0.2, -0.15) is 5.26 Å². The van der Waals surface area contributed by atoms with Crippen LogP contribution in [-0.2, 0) is 12.0 Å². The highest BCUT2D eigenvalue weighted by Crippen LogP contribution is 2.54. The van der Waals surface area contributed by atoms with Crippen LogP contribution in [0.15, 0.2) is 72.8 Å². The minimum Gasteiger partial charge on any atom is -0.494 e. The van der Waals surface area contributed by atoms with Gasteiger partial charge in [-0.1, -0.05) is 49.2 Å². The van der Waals surface area contributed by atoms with E-state index in [1.165, 1.54) is 25.7 Å². The molecule has 1 unspecified atom stereocenters. The van der Waals surface area contributed by atoms with Crippen molar-refractivity contribution in [2.75, 3.05) is 45.9 Å². The predicted molar refractivity (Wildman–Crippen MR) is 169 cm³/mol. The Kier molecular flexibility index (Phi) is 9.27. The van der Waals surface area contributed by atoms with Gasteiger partial charge in [0.25, 0.3) is 0 Å². The Bertz CT molecular complexity index is 1430. The molecular formula is C37H42N4O2. The Hall–Kier alpha value is -3.84. The van der Waals surface area contributed by atoms with Gasteiger partial charge in [0.1, 0.15) is 11.5 Å². The Morgan fingerprint density at radius 1 is 0.837 bits per heavy atom. The van der Waals surface area contributed by atoms with Crippen molar-refractivity contribution in [1.29, 1.82) is 5.26 Å². The van der Waals surface area contributed by atoms with Gasteiger partial charge >= 0.3 is 0 Å². The van der Waals surface area contributed by atoms with Gasteiger partial charge < -0.3 is 14.4 Å². The summed E-state index contributed by atoms with van der Waals surface area (Å²) in [5.41, 5.74) is 4.55. The molecule has 3 aromatic carbocycles. The van der Waals surface area contributed by atoms with E-state index in [0.29, 0.717) is 36.3 Å². The number of rotatable bonds is 12. The zero-order valence-electron chi connectivity index (χ0n) is 25.1. The van der Waals surface area contributed by atoms with Crippen molar-refractivity contribution in [3.63, 3.8) is 0 Å². The minimum atomic E-state index is 0.0947. The van der Waals surface area contributed by atoms with E-state index in [9.17, 15) is 0 Å². The highest BCUT2D eigenvalue weighted by molar-refractivity contribution is 5.47. The van der Waals surface area contributed by atoms with Crippen LogP contribution >= 0.6 is 0 Å². The van der Waals surface area contributed by atoms with E-state index < -0.39 is 0 Å². The van der Waals surface area contributed by atoms with E-state index in [0.717, 1.165) is 63.5 Å². The van der Waals surface area contributed by atoms with E-state index in [1.54, 1.807) is 11.1 Å². The third-order valence-electron chi connectivity index (χ3n) is 9.86. The highest BCUT2D eigenvalue weighted by Gasteiger charge is 2.56. The summed E-state index contributed by atoms with van der Waals surface area (Å²) in [5, 5.41) is 9.08. The van der Waals surface area contributed by atoms with Crippen LogP contribution in [-0.4, -0.2) is 55.7 Å². The molecule has 6 rings (SSSR count). The molecule has 1 atom stereocenters. The lowest BCUT2D eigenvalue weighted by Crippen LogP contribution is -2.67. The van der Waals surface area contributed by atoms with E-state index >= 15 is 0 Å². The monoisotopic (exact) mass is 574 g/mol. The first-order valence-electron chi connectivity index (χ1n) is 16.0. The van der Waals surface area contributed by atoms with Gasteiger partial charge in [0.05, 0.1) is 37.0 Å². The van der Waals surface area contributed by atoms with Gasteiger partial charge in [0.15, 0.2) is 5.69 Å². The zero-order valence-corrected chi connectivity index (χ0v) is 25.1. The summed E-state index contributed by atoms with van der Waals surface area (Å²) in [7, 11) is 0. The van der Waals surface area contributed by atoms with Gasteiger partial charge in [-0.3, -0.25) is 4.90 Å². The number of hydrogen-bond donors (Lipinski definition) is 0. The van der Waals surface area contributed by atoms with E-state index in [1.807, 2.05) is 48.5 Å². The fourth-order valence-electron chi connectivity index (χ4n) is 7.89. The molecule has 0 radical (unpaired) electrons. The largest absolute Gasteiger partial charge is 0.494 e. The summed E-state index contributed by atoms with van der Waals surface area (Å²) in [6.45, 7) is 14.0. The fraction of sp³-hybridized carbons (Fsp3) is 0.459. The maximum Gasteiger partial charge on any atom is 0.187 e. The van der Waals surface area contributed by atoms with Crippen molar-refractivity contribution in [2.45, 2.75) is 50.5 Å². The second kappa shape index (κ2) is 13.6. The van der Waals surface area contributed by atoms with Crippen LogP contribution in [0.2, 0.25) is 0 Å². The molecule has 6 nitrogen and oxygen atoms in total. The summed E-state index contributed by atoms with van der Waals surface area (Å²) in [6.07, 6.45) is 8.43. The summed E-state index contributed by atoms with van der Waals surface area (Å²) in [5.74, 6) is 3.00. The van der Waals surface area contributed by atoms with Crippen molar-refractivity contribution < 1.29 is 9.47 Å². The lowest BCUT2D eigenvalue weighted by molar-refractivity contribution is -0.0947. The molecule has 0 N–H and O–H groups in total. The van der Waals surface area contributed by atoms with Crippen LogP contribution < -0.4 is 9.47 Å². The topological polar surface area (TPSA) is 53.1 Å². The lowest BCUT2D eigenvalue weighted by Gasteiger charge is -2.61. The first-order chi connectivity index (χ1) is 21.2. The molecule has 0 aromatic heterocycles. The van der Waals surface area contributed by atoms with Gasteiger partial charge in [0.2, 0.25) is 0 Å². The smallest absolute Gasteiger partial charge is 0.187 e. The first kappa shape index (κ1) is 29.2. The van der Waals surface area contributed by atoms with Crippen molar-refractivity contribution in [2.24, 2.45) is 11.8 Å². The minimum absolute atomic E-state index is 0.0947. The molecule has 1 saturated carbocycles. The molecule has 1 aliphatic carbocycles. The van der Waals surface area contributed by atoms with Gasteiger partial charge in [-0.25, -0.2) is 4.85 Å². The molecule has 2 heterocycles. The predicted octanol–water partition coefficient (Wildman–Crippen LogP) is 7.22. The summed E-state index contributed by atoms with van der Waals surface area (Å²) >= 11 is 0. The number of ether oxygens (including phenoxy) is 2. The Morgan fingerprint density at radius 2 is 1.49 bits per heavy atom. The standard InChI is InChI=1S/C37H42N4O2/c1-39-33-14-18-35(19-15-33)42-24-6-21-40-27-32(28-40)37(31-9-3-4-10-31)36-11-5-2-8-30(36)20-23-41(37)22-7-25-43-34-16-12-29(26-38)13-17-34/h2,5,8,11-19,31-32H,3-4,6-7,9-10,20-25,27-28H2. The Labute approximate surface area is 256 Å². The molecule has 0 amide bonds. The number of benzene rings is 3. The van der Waals surface area contributed by atoms with E-state index in [4.69, 9.17) is 21.3 Å². The normalized spacial score (nSPS) is 21.0. The van der Waals surface area contributed by atoms with Crippen molar-refractivity contribution in [3.8, 4) is 17.6 Å². The fourth-order valence-corrected chi connectivity index (χ4v) is 7.89. The summed E-state index contributed by atoms with van der Waals surface area (Å²) in [4.78, 5) is 8.94. The highest BCUT2D eigenvalue weighted by atomic mass is 16.5.